The van der Waals surface area contributed by atoms with Crippen molar-refractivity contribution < 1.29 is 28.4 Å². The predicted octanol–water partition coefficient (Wildman–Crippen LogP) is 6.34. The van der Waals surface area contributed by atoms with Gasteiger partial charge in [0.2, 0.25) is 5.75 Å². The van der Waals surface area contributed by atoms with Crippen LogP contribution in [0.2, 0.25) is 5.02 Å². The Morgan fingerprint density at radius 2 is 1.49 bits per heavy atom. The summed E-state index contributed by atoms with van der Waals surface area (Å²) in [6, 6.07) is 12.8. The van der Waals surface area contributed by atoms with Crippen LogP contribution in [0.15, 0.2) is 60.8 Å². The van der Waals surface area contributed by atoms with E-state index in [0.717, 1.165) is 11.1 Å². The van der Waals surface area contributed by atoms with Crippen molar-refractivity contribution in [1.29, 1.82) is 0 Å². The van der Waals surface area contributed by atoms with Crippen LogP contribution in [0.1, 0.15) is 22.8 Å². The van der Waals surface area contributed by atoms with E-state index in [1.807, 2.05) is 24.3 Å². The molecule has 0 aliphatic heterocycles. The third kappa shape index (κ3) is 6.47. The largest absolute Gasteiger partial charge is 0.495 e. The number of aliphatic hydroxyl groups is 1. The molecule has 184 valence electrons. The topological polar surface area (TPSA) is 69.2 Å². The fourth-order valence-corrected chi connectivity index (χ4v) is 3.62. The SMILES string of the molecule is COc1cc(N/C=C\C(O)c2ccc(F)cc2)c(/C=C\c2cc(OC)c(OC)c(OC)c2)cc1Cl. The van der Waals surface area contributed by atoms with Gasteiger partial charge >= 0.3 is 0 Å². The molecule has 0 aliphatic rings. The van der Waals surface area contributed by atoms with Gasteiger partial charge in [0.25, 0.3) is 0 Å². The third-order valence-electron chi connectivity index (χ3n) is 5.20. The molecule has 0 aliphatic carbocycles. The third-order valence-corrected chi connectivity index (χ3v) is 5.49. The van der Waals surface area contributed by atoms with Crippen LogP contribution in [0, 0.1) is 5.82 Å². The molecular weight excluding hydrogens is 473 g/mol. The maximum Gasteiger partial charge on any atom is 0.203 e. The summed E-state index contributed by atoms with van der Waals surface area (Å²) < 4.78 is 34.7. The standard InChI is InChI=1S/C27H27ClFNO5/c1-32-24-16-22(30-12-11-23(31)18-7-9-20(29)10-8-18)19(15-21(24)28)6-5-17-13-25(33-2)27(35-4)26(14-17)34-3/h5-16,23,30-31H,1-4H3/b6-5-,12-11-. The van der Waals surface area contributed by atoms with Gasteiger partial charge < -0.3 is 29.4 Å². The van der Waals surface area contributed by atoms with Gasteiger partial charge in [-0.3, -0.25) is 0 Å². The lowest BCUT2D eigenvalue weighted by molar-refractivity contribution is 0.228. The lowest BCUT2D eigenvalue weighted by atomic mass is 10.1. The van der Waals surface area contributed by atoms with Crippen LogP contribution in [-0.2, 0) is 0 Å². The van der Waals surface area contributed by atoms with Gasteiger partial charge in [-0.15, -0.1) is 0 Å². The van der Waals surface area contributed by atoms with Crippen molar-refractivity contribution in [2.24, 2.45) is 0 Å². The van der Waals surface area contributed by atoms with Crippen LogP contribution in [0.3, 0.4) is 0 Å². The summed E-state index contributed by atoms with van der Waals surface area (Å²) in [4.78, 5) is 0. The van der Waals surface area contributed by atoms with Gasteiger partial charge in [0.05, 0.1) is 39.6 Å². The average molecular weight is 500 g/mol. The first-order valence-corrected chi connectivity index (χ1v) is 11.0. The number of hydrogen-bond acceptors (Lipinski definition) is 6. The molecule has 3 rings (SSSR count). The highest BCUT2D eigenvalue weighted by molar-refractivity contribution is 6.32. The molecule has 8 heteroatoms. The van der Waals surface area contributed by atoms with Crippen LogP contribution in [0.5, 0.6) is 23.0 Å². The highest BCUT2D eigenvalue weighted by Crippen LogP contribution is 2.39. The van der Waals surface area contributed by atoms with Crippen molar-refractivity contribution in [3.63, 3.8) is 0 Å². The summed E-state index contributed by atoms with van der Waals surface area (Å²) in [5.74, 6) is 1.71. The second-order valence-corrected chi connectivity index (χ2v) is 7.77. The first-order chi connectivity index (χ1) is 16.9. The molecule has 0 aromatic heterocycles. The van der Waals surface area contributed by atoms with Crippen LogP contribution >= 0.6 is 11.6 Å². The Kier molecular flexibility index (Phi) is 9.00. The van der Waals surface area contributed by atoms with E-state index in [9.17, 15) is 9.50 Å². The predicted molar refractivity (Wildman–Crippen MR) is 137 cm³/mol. The quantitative estimate of drug-likeness (QED) is 0.317. The molecule has 0 saturated carbocycles. The number of halogens is 2. The zero-order valence-electron chi connectivity index (χ0n) is 19.8. The monoisotopic (exact) mass is 499 g/mol. The van der Waals surface area contributed by atoms with E-state index in [4.69, 9.17) is 30.5 Å². The summed E-state index contributed by atoms with van der Waals surface area (Å²) in [6.45, 7) is 0. The molecule has 35 heavy (non-hydrogen) atoms. The number of hydrogen-bond donors (Lipinski definition) is 2. The lowest BCUT2D eigenvalue weighted by Crippen LogP contribution is -1.97. The molecule has 3 aromatic carbocycles. The van der Waals surface area contributed by atoms with E-state index >= 15 is 0 Å². The lowest BCUT2D eigenvalue weighted by Gasteiger charge is -2.13. The minimum absolute atomic E-state index is 0.361. The summed E-state index contributed by atoms with van der Waals surface area (Å²) in [5.41, 5.74) is 2.85. The van der Waals surface area contributed by atoms with Gasteiger partial charge in [0.15, 0.2) is 11.5 Å². The minimum Gasteiger partial charge on any atom is -0.495 e. The molecular formula is C27H27ClFNO5. The van der Waals surface area contributed by atoms with E-state index in [1.54, 1.807) is 45.7 Å². The van der Waals surface area contributed by atoms with Crippen molar-refractivity contribution in [1.82, 2.24) is 0 Å². The number of benzene rings is 3. The van der Waals surface area contributed by atoms with Crippen LogP contribution in [-0.4, -0.2) is 33.5 Å². The van der Waals surface area contributed by atoms with Crippen molar-refractivity contribution in [2.45, 2.75) is 6.10 Å². The molecule has 1 unspecified atom stereocenters. The maximum absolute atomic E-state index is 13.1. The van der Waals surface area contributed by atoms with Gasteiger partial charge in [-0.05, 0) is 59.3 Å². The van der Waals surface area contributed by atoms with Gasteiger partial charge in [0.1, 0.15) is 11.6 Å². The molecule has 0 fully saturated rings. The molecule has 0 saturated heterocycles. The molecule has 6 nitrogen and oxygen atoms in total. The second-order valence-electron chi connectivity index (χ2n) is 7.37. The number of rotatable bonds is 10. The minimum atomic E-state index is -0.907. The first kappa shape index (κ1) is 25.9. The molecule has 1 atom stereocenters. The molecule has 0 radical (unpaired) electrons. The number of aliphatic hydroxyl groups excluding tert-OH is 1. The summed E-state index contributed by atoms with van der Waals surface area (Å²) in [7, 11) is 6.20. The first-order valence-electron chi connectivity index (χ1n) is 10.6. The summed E-state index contributed by atoms with van der Waals surface area (Å²) >= 11 is 6.36. The number of nitrogens with one attached hydrogen (secondary N) is 1. The Morgan fingerprint density at radius 3 is 2.06 bits per heavy atom. The van der Waals surface area contributed by atoms with E-state index in [1.165, 1.54) is 31.4 Å². The fraction of sp³-hybridized carbons (Fsp3) is 0.185. The summed E-state index contributed by atoms with van der Waals surface area (Å²) in [6.07, 6.45) is 6.01. The zero-order valence-corrected chi connectivity index (χ0v) is 20.6. The molecule has 3 aromatic rings. The van der Waals surface area contributed by atoms with Gasteiger partial charge in [-0.2, -0.15) is 0 Å². The van der Waals surface area contributed by atoms with E-state index in [-0.39, 0.29) is 5.82 Å². The number of methoxy groups -OCH3 is 4. The van der Waals surface area contributed by atoms with Crippen molar-refractivity contribution in [3.05, 3.63) is 88.3 Å². The molecule has 0 bridgehead atoms. The summed E-state index contributed by atoms with van der Waals surface area (Å²) in [5, 5.41) is 13.9. The Balaban J connectivity index is 1.89. The average Bonchev–Trinajstić information content (AvgIpc) is 2.87. The molecule has 0 spiro atoms. The number of anilines is 1. The van der Waals surface area contributed by atoms with Crippen molar-refractivity contribution in [3.8, 4) is 23.0 Å². The highest BCUT2D eigenvalue weighted by Gasteiger charge is 2.13. The fourth-order valence-electron chi connectivity index (χ4n) is 3.37. The van der Waals surface area contributed by atoms with Crippen LogP contribution < -0.4 is 24.3 Å². The van der Waals surface area contributed by atoms with E-state index in [2.05, 4.69) is 5.32 Å². The Bertz CT molecular complexity index is 1190. The van der Waals surface area contributed by atoms with Gasteiger partial charge in [-0.25, -0.2) is 4.39 Å². The smallest absolute Gasteiger partial charge is 0.203 e. The Hall–Kier alpha value is -3.68. The van der Waals surface area contributed by atoms with Gasteiger partial charge in [0, 0.05) is 11.8 Å². The number of ether oxygens (including phenoxy) is 4. The Labute approximate surface area is 209 Å². The molecule has 0 heterocycles. The van der Waals surface area contributed by atoms with Gasteiger partial charge in [-0.1, -0.05) is 35.9 Å². The molecule has 2 N–H and O–H groups in total. The Morgan fingerprint density at radius 1 is 0.857 bits per heavy atom. The van der Waals surface area contributed by atoms with Crippen LogP contribution in [0.25, 0.3) is 12.2 Å². The van der Waals surface area contributed by atoms with Crippen molar-refractivity contribution >= 4 is 29.4 Å². The molecule has 0 amide bonds. The van der Waals surface area contributed by atoms with E-state index in [0.29, 0.717) is 39.3 Å². The van der Waals surface area contributed by atoms with Crippen molar-refractivity contribution in [2.75, 3.05) is 33.8 Å². The highest BCUT2D eigenvalue weighted by atomic mass is 35.5. The zero-order chi connectivity index (χ0) is 25.4. The van der Waals surface area contributed by atoms with Crippen LogP contribution in [0.4, 0.5) is 10.1 Å². The second kappa shape index (κ2) is 12.1. The maximum atomic E-state index is 13.1. The van der Waals surface area contributed by atoms with E-state index < -0.39 is 6.10 Å². The normalized spacial score (nSPS) is 12.1.